The summed E-state index contributed by atoms with van der Waals surface area (Å²) in [5.74, 6) is -0.0753. The molecule has 20 heavy (non-hydrogen) atoms. The molecule has 0 aromatic heterocycles. The first kappa shape index (κ1) is 16.7. The van der Waals surface area contributed by atoms with E-state index in [-0.39, 0.29) is 5.92 Å². The predicted octanol–water partition coefficient (Wildman–Crippen LogP) is 3.43. The number of hydrogen-bond donors (Lipinski definition) is 0. The maximum Gasteiger partial charge on any atom is 0.0839 e. The highest BCUT2D eigenvalue weighted by Crippen LogP contribution is 2.19. The van der Waals surface area contributed by atoms with Gasteiger partial charge in [-0.05, 0) is 18.4 Å². The lowest BCUT2D eigenvalue weighted by atomic mass is 9.98. The molecule has 1 aromatic rings. The van der Waals surface area contributed by atoms with Crippen molar-refractivity contribution >= 4 is 0 Å². The fourth-order valence-electron chi connectivity index (χ4n) is 2.58. The van der Waals surface area contributed by atoms with Crippen molar-refractivity contribution in [1.82, 2.24) is 4.90 Å². The summed E-state index contributed by atoms with van der Waals surface area (Å²) in [6.45, 7) is 6.78. The van der Waals surface area contributed by atoms with Crippen molar-refractivity contribution in [1.29, 1.82) is 5.26 Å². The van der Waals surface area contributed by atoms with Crippen molar-refractivity contribution in [2.24, 2.45) is 0 Å². The van der Waals surface area contributed by atoms with Crippen LogP contribution in [0.15, 0.2) is 30.3 Å². The normalized spacial score (nSPS) is 12.6. The molecule has 0 saturated heterocycles. The van der Waals surface area contributed by atoms with Crippen LogP contribution in [-0.4, -0.2) is 37.7 Å². The number of rotatable bonds is 9. The maximum absolute atomic E-state index is 9.47. The molecule has 1 aromatic carbocycles. The summed E-state index contributed by atoms with van der Waals surface area (Å²) in [4.78, 5) is 2.39. The zero-order chi connectivity index (χ0) is 14.8. The highest BCUT2D eigenvalue weighted by molar-refractivity contribution is 5.25. The van der Waals surface area contributed by atoms with Crippen LogP contribution in [0, 0.1) is 11.3 Å². The molecular weight excluding hydrogens is 248 g/mol. The third-order valence-electron chi connectivity index (χ3n) is 3.82. The zero-order valence-electron chi connectivity index (χ0n) is 12.9. The highest BCUT2D eigenvalue weighted by atomic mass is 16.5. The Bertz CT molecular complexity index is 395. The van der Waals surface area contributed by atoms with Crippen molar-refractivity contribution in [2.45, 2.75) is 38.6 Å². The molecule has 1 unspecified atom stereocenters. The number of hydrogen-bond acceptors (Lipinski definition) is 3. The Morgan fingerprint density at radius 3 is 2.35 bits per heavy atom. The van der Waals surface area contributed by atoms with Crippen molar-refractivity contribution in [2.75, 3.05) is 26.8 Å². The summed E-state index contributed by atoms with van der Waals surface area (Å²) < 4.78 is 5.21. The van der Waals surface area contributed by atoms with E-state index in [0.717, 1.165) is 31.5 Å². The van der Waals surface area contributed by atoms with Gasteiger partial charge in [-0.15, -0.1) is 0 Å². The lowest BCUT2D eigenvalue weighted by molar-refractivity contribution is 0.113. The van der Waals surface area contributed by atoms with E-state index in [1.165, 1.54) is 0 Å². The number of nitrogens with zero attached hydrogens (tertiary/aromatic N) is 2. The lowest BCUT2D eigenvalue weighted by Crippen LogP contribution is -2.39. The third kappa shape index (κ3) is 4.96. The minimum absolute atomic E-state index is 0.0753. The second-order valence-corrected chi connectivity index (χ2v) is 5.05. The van der Waals surface area contributed by atoms with Gasteiger partial charge in [0.1, 0.15) is 0 Å². The van der Waals surface area contributed by atoms with E-state index in [2.05, 4.69) is 24.8 Å². The minimum Gasteiger partial charge on any atom is -0.383 e. The third-order valence-corrected chi connectivity index (χ3v) is 3.82. The first-order valence-corrected chi connectivity index (χ1v) is 7.44. The molecule has 3 nitrogen and oxygen atoms in total. The largest absolute Gasteiger partial charge is 0.383 e. The topological polar surface area (TPSA) is 36.3 Å². The van der Waals surface area contributed by atoms with Gasteiger partial charge < -0.3 is 4.74 Å². The fraction of sp³-hybridized carbons (Fsp3) is 0.588. The summed E-state index contributed by atoms with van der Waals surface area (Å²) in [5.41, 5.74) is 1.10. The van der Waals surface area contributed by atoms with Crippen LogP contribution < -0.4 is 0 Å². The van der Waals surface area contributed by atoms with Crippen molar-refractivity contribution < 1.29 is 4.74 Å². The minimum atomic E-state index is -0.0753. The molecule has 0 amide bonds. The second-order valence-electron chi connectivity index (χ2n) is 5.05. The van der Waals surface area contributed by atoms with Gasteiger partial charge in [0, 0.05) is 26.2 Å². The number of methoxy groups -OCH3 is 1. The number of benzene rings is 1. The Morgan fingerprint density at radius 1 is 1.20 bits per heavy atom. The first-order chi connectivity index (χ1) is 9.76. The van der Waals surface area contributed by atoms with Crippen molar-refractivity contribution in [3.63, 3.8) is 0 Å². The van der Waals surface area contributed by atoms with Crippen LogP contribution in [0.3, 0.4) is 0 Å². The van der Waals surface area contributed by atoms with E-state index in [4.69, 9.17) is 4.74 Å². The van der Waals surface area contributed by atoms with E-state index in [1.54, 1.807) is 7.11 Å². The van der Waals surface area contributed by atoms with Crippen LogP contribution in [0.5, 0.6) is 0 Å². The van der Waals surface area contributed by atoms with E-state index >= 15 is 0 Å². The maximum atomic E-state index is 9.47. The Kier molecular flexibility index (Phi) is 7.94. The Labute approximate surface area is 123 Å². The molecule has 0 bridgehead atoms. The van der Waals surface area contributed by atoms with Crippen LogP contribution in [-0.2, 0) is 4.74 Å². The fourth-order valence-corrected chi connectivity index (χ4v) is 2.58. The molecule has 1 rings (SSSR count). The van der Waals surface area contributed by atoms with Crippen LogP contribution in [0.25, 0.3) is 0 Å². The summed E-state index contributed by atoms with van der Waals surface area (Å²) in [5, 5.41) is 9.47. The molecular formula is C17H26N2O. The number of ether oxygens (including phenoxy) is 1. The molecule has 0 radical (unpaired) electrons. The van der Waals surface area contributed by atoms with Gasteiger partial charge in [-0.25, -0.2) is 0 Å². The van der Waals surface area contributed by atoms with Crippen LogP contribution in [0.1, 0.15) is 38.2 Å². The first-order valence-electron chi connectivity index (χ1n) is 7.44. The van der Waals surface area contributed by atoms with E-state index < -0.39 is 0 Å². The Balaban J connectivity index is 2.78. The van der Waals surface area contributed by atoms with Gasteiger partial charge in [0.05, 0.1) is 18.6 Å². The summed E-state index contributed by atoms with van der Waals surface area (Å²) in [6.07, 6.45) is 2.21. The average Bonchev–Trinajstić information content (AvgIpc) is 2.51. The lowest BCUT2D eigenvalue weighted by Gasteiger charge is -2.31. The summed E-state index contributed by atoms with van der Waals surface area (Å²) in [7, 11) is 1.73. The molecule has 3 heteroatoms. The highest BCUT2D eigenvalue weighted by Gasteiger charge is 2.20. The van der Waals surface area contributed by atoms with Crippen LogP contribution >= 0.6 is 0 Å². The molecule has 0 spiro atoms. The van der Waals surface area contributed by atoms with Gasteiger partial charge in [-0.2, -0.15) is 5.26 Å². The summed E-state index contributed by atoms with van der Waals surface area (Å²) in [6, 6.07) is 13.0. The van der Waals surface area contributed by atoms with E-state index in [0.29, 0.717) is 12.6 Å². The van der Waals surface area contributed by atoms with Gasteiger partial charge in [0.2, 0.25) is 0 Å². The van der Waals surface area contributed by atoms with Gasteiger partial charge in [-0.3, -0.25) is 4.90 Å². The van der Waals surface area contributed by atoms with E-state index in [1.807, 2.05) is 30.3 Å². The number of nitriles is 1. The van der Waals surface area contributed by atoms with Crippen LogP contribution in [0.4, 0.5) is 0 Å². The smallest absolute Gasteiger partial charge is 0.0839 e. The summed E-state index contributed by atoms with van der Waals surface area (Å²) >= 11 is 0. The molecule has 0 heterocycles. The van der Waals surface area contributed by atoms with Gasteiger partial charge in [-0.1, -0.05) is 44.2 Å². The standard InChI is InChI=1S/C17H26N2O/c1-4-17(5-2)19(11-12-20-3)14-16(13-18)15-9-7-6-8-10-15/h6-10,16-17H,4-5,11-12,14H2,1-3H3. The monoisotopic (exact) mass is 274 g/mol. The molecule has 1 atom stereocenters. The predicted molar refractivity (Wildman–Crippen MR) is 82.6 cm³/mol. The van der Waals surface area contributed by atoms with Gasteiger partial charge in [0.15, 0.2) is 0 Å². The Hall–Kier alpha value is -1.37. The van der Waals surface area contributed by atoms with Crippen LogP contribution in [0.2, 0.25) is 0 Å². The molecule has 0 saturated carbocycles. The average molecular weight is 274 g/mol. The molecule has 0 aliphatic carbocycles. The molecule has 0 fully saturated rings. The zero-order valence-corrected chi connectivity index (χ0v) is 12.9. The van der Waals surface area contributed by atoms with Gasteiger partial charge >= 0.3 is 0 Å². The van der Waals surface area contributed by atoms with Crippen molar-refractivity contribution in [3.05, 3.63) is 35.9 Å². The molecule has 110 valence electrons. The Morgan fingerprint density at radius 2 is 1.85 bits per heavy atom. The molecule has 0 aliphatic rings. The second kappa shape index (κ2) is 9.52. The quantitative estimate of drug-likeness (QED) is 0.692. The van der Waals surface area contributed by atoms with Crippen molar-refractivity contribution in [3.8, 4) is 6.07 Å². The van der Waals surface area contributed by atoms with Gasteiger partial charge in [0.25, 0.3) is 0 Å². The molecule has 0 aliphatic heterocycles. The SMILES string of the molecule is CCC(CC)N(CCOC)CC(C#N)c1ccccc1. The molecule has 0 N–H and O–H groups in total. The van der Waals surface area contributed by atoms with E-state index in [9.17, 15) is 5.26 Å².